The lowest BCUT2D eigenvalue weighted by Gasteiger charge is -2.06. The standard InChI is InChI=1S/C10H8Br4N6/c11-1-5-7(3-13)17-19-9(15-5)10-16-6(2-12)8(4-14)18-20-10/h1-4H2. The van der Waals surface area contributed by atoms with Crippen LogP contribution in [-0.2, 0) is 21.3 Å². The van der Waals surface area contributed by atoms with Gasteiger partial charge in [-0.25, -0.2) is 9.97 Å². The maximum Gasteiger partial charge on any atom is 0.221 e. The van der Waals surface area contributed by atoms with E-state index in [1.54, 1.807) is 0 Å². The van der Waals surface area contributed by atoms with Crippen LogP contribution in [0.15, 0.2) is 0 Å². The molecule has 0 aliphatic rings. The monoisotopic (exact) mass is 528 g/mol. The first-order valence-corrected chi connectivity index (χ1v) is 9.91. The molecule has 10 heteroatoms. The van der Waals surface area contributed by atoms with E-state index in [-0.39, 0.29) is 0 Å². The number of halogens is 4. The molecule has 0 atom stereocenters. The molecule has 106 valence electrons. The summed E-state index contributed by atoms with van der Waals surface area (Å²) in [5.41, 5.74) is 3.19. The second kappa shape index (κ2) is 7.81. The molecule has 0 aliphatic carbocycles. The fraction of sp³-hybridized carbons (Fsp3) is 0.400. The van der Waals surface area contributed by atoms with Crippen molar-refractivity contribution in [3.05, 3.63) is 22.8 Å². The largest absolute Gasteiger partial charge is 0.226 e. The molecule has 0 N–H and O–H groups in total. The molecule has 0 bridgehead atoms. The average molecular weight is 532 g/mol. The number of nitrogens with zero attached hydrogens (tertiary/aromatic N) is 6. The summed E-state index contributed by atoms with van der Waals surface area (Å²) in [4.78, 5) is 8.84. The highest BCUT2D eigenvalue weighted by atomic mass is 79.9. The van der Waals surface area contributed by atoms with Gasteiger partial charge in [0.1, 0.15) is 0 Å². The number of hydrogen-bond donors (Lipinski definition) is 0. The van der Waals surface area contributed by atoms with E-state index in [9.17, 15) is 0 Å². The Balaban J connectivity index is 2.46. The highest BCUT2D eigenvalue weighted by Gasteiger charge is 2.14. The predicted molar refractivity (Wildman–Crippen MR) is 89.2 cm³/mol. The van der Waals surface area contributed by atoms with Crippen LogP contribution in [0.5, 0.6) is 0 Å². The Morgan fingerprint density at radius 1 is 0.500 bits per heavy atom. The van der Waals surface area contributed by atoms with Crippen LogP contribution in [0.25, 0.3) is 11.6 Å². The Bertz CT molecular complexity index is 555. The minimum atomic E-state index is 0.375. The van der Waals surface area contributed by atoms with E-state index in [0.717, 1.165) is 22.8 Å². The third-order valence-electron chi connectivity index (χ3n) is 2.39. The minimum absolute atomic E-state index is 0.375. The average Bonchev–Trinajstić information content (AvgIpc) is 2.53. The van der Waals surface area contributed by atoms with Gasteiger partial charge in [0.05, 0.1) is 22.8 Å². The Labute approximate surface area is 149 Å². The summed E-state index contributed by atoms with van der Waals surface area (Å²) < 4.78 is 0. The number of hydrogen-bond acceptors (Lipinski definition) is 6. The molecular weight excluding hydrogens is 524 g/mol. The summed E-state index contributed by atoms with van der Waals surface area (Å²) in [6.07, 6.45) is 0. The van der Waals surface area contributed by atoms with Crippen LogP contribution in [0.3, 0.4) is 0 Å². The Hall–Kier alpha value is -0.0600. The summed E-state index contributed by atoms with van der Waals surface area (Å²) in [6.45, 7) is 0. The normalized spacial score (nSPS) is 10.8. The van der Waals surface area contributed by atoms with Crippen molar-refractivity contribution >= 4 is 63.7 Å². The minimum Gasteiger partial charge on any atom is -0.226 e. The molecule has 6 nitrogen and oxygen atoms in total. The molecule has 0 fully saturated rings. The van der Waals surface area contributed by atoms with Crippen LogP contribution in [0.2, 0.25) is 0 Å². The molecular formula is C10H8Br4N6. The van der Waals surface area contributed by atoms with E-state index in [2.05, 4.69) is 94.1 Å². The summed E-state index contributed by atoms with van der Waals surface area (Å²) in [7, 11) is 0. The predicted octanol–water partition coefficient (Wildman–Crippen LogP) is 3.30. The molecule has 0 saturated carbocycles. The zero-order valence-electron chi connectivity index (χ0n) is 10.0. The van der Waals surface area contributed by atoms with Gasteiger partial charge in [0.25, 0.3) is 0 Å². The van der Waals surface area contributed by atoms with Crippen LogP contribution in [0.1, 0.15) is 22.8 Å². The molecule has 2 aromatic heterocycles. The number of aromatic nitrogens is 6. The summed E-state index contributed by atoms with van der Waals surface area (Å²) in [5, 5.41) is 18.7. The second-order valence-electron chi connectivity index (χ2n) is 3.59. The van der Waals surface area contributed by atoms with Crippen LogP contribution < -0.4 is 0 Å². The van der Waals surface area contributed by atoms with E-state index >= 15 is 0 Å². The van der Waals surface area contributed by atoms with Gasteiger partial charge in [-0.05, 0) is 0 Å². The van der Waals surface area contributed by atoms with Crippen molar-refractivity contribution in [2.45, 2.75) is 21.3 Å². The molecule has 2 aromatic rings. The van der Waals surface area contributed by atoms with Gasteiger partial charge in [0, 0.05) is 21.3 Å². The molecule has 0 unspecified atom stereocenters. The summed E-state index contributed by atoms with van der Waals surface area (Å²) in [6, 6.07) is 0. The highest BCUT2D eigenvalue weighted by Crippen LogP contribution is 2.17. The van der Waals surface area contributed by atoms with Crippen molar-refractivity contribution in [2.24, 2.45) is 0 Å². The van der Waals surface area contributed by atoms with Crippen molar-refractivity contribution in [1.29, 1.82) is 0 Å². The fourth-order valence-corrected chi connectivity index (χ4v) is 3.14. The first kappa shape index (κ1) is 16.3. The number of rotatable bonds is 5. The van der Waals surface area contributed by atoms with Gasteiger partial charge in [-0.3, -0.25) is 0 Å². The van der Waals surface area contributed by atoms with Crippen molar-refractivity contribution in [1.82, 2.24) is 30.4 Å². The van der Waals surface area contributed by atoms with Crippen LogP contribution in [-0.4, -0.2) is 30.4 Å². The highest BCUT2D eigenvalue weighted by molar-refractivity contribution is 9.09. The molecule has 2 heterocycles. The molecule has 0 aliphatic heterocycles. The first-order valence-electron chi connectivity index (χ1n) is 5.42. The molecule has 0 radical (unpaired) electrons. The molecule has 2 rings (SSSR count). The smallest absolute Gasteiger partial charge is 0.221 e. The quantitative estimate of drug-likeness (QED) is 0.551. The maximum atomic E-state index is 4.42. The Morgan fingerprint density at radius 2 is 0.850 bits per heavy atom. The van der Waals surface area contributed by atoms with Crippen molar-refractivity contribution in [3.8, 4) is 11.6 Å². The molecule has 0 amide bonds. The Kier molecular flexibility index (Phi) is 6.37. The van der Waals surface area contributed by atoms with Crippen LogP contribution in [0, 0.1) is 0 Å². The van der Waals surface area contributed by atoms with Gasteiger partial charge < -0.3 is 0 Å². The molecule has 20 heavy (non-hydrogen) atoms. The van der Waals surface area contributed by atoms with Gasteiger partial charge in [0.15, 0.2) is 0 Å². The van der Waals surface area contributed by atoms with E-state index in [1.807, 2.05) is 0 Å². The van der Waals surface area contributed by atoms with Crippen LogP contribution in [0.4, 0.5) is 0 Å². The van der Waals surface area contributed by atoms with Crippen molar-refractivity contribution < 1.29 is 0 Å². The Morgan fingerprint density at radius 3 is 1.15 bits per heavy atom. The summed E-state index contributed by atoms with van der Waals surface area (Å²) in [5.74, 6) is 0.750. The topological polar surface area (TPSA) is 77.3 Å². The number of alkyl halides is 4. The fourth-order valence-electron chi connectivity index (χ4n) is 1.37. The molecule has 0 saturated heterocycles. The van der Waals surface area contributed by atoms with Crippen molar-refractivity contribution in [3.63, 3.8) is 0 Å². The van der Waals surface area contributed by atoms with E-state index in [1.165, 1.54) is 0 Å². The van der Waals surface area contributed by atoms with Gasteiger partial charge in [-0.15, -0.1) is 10.2 Å². The third-order valence-corrected chi connectivity index (χ3v) is 4.51. The van der Waals surface area contributed by atoms with E-state index < -0.39 is 0 Å². The van der Waals surface area contributed by atoms with Crippen molar-refractivity contribution in [2.75, 3.05) is 0 Å². The second-order valence-corrected chi connectivity index (χ2v) is 5.84. The zero-order chi connectivity index (χ0) is 14.5. The SMILES string of the molecule is BrCc1nnc(-c2nnc(CBr)c(CBr)n2)nc1CBr. The van der Waals surface area contributed by atoms with E-state index in [4.69, 9.17) is 0 Å². The zero-order valence-corrected chi connectivity index (χ0v) is 16.4. The summed E-state index contributed by atoms with van der Waals surface area (Å²) >= 11 is 13.5. The van der Waals surface area contributed by atoms with Gasteiger partial charge in [-0.2, -0.15) is 10.2 Å². The van der Waals surface area contributed by atoms with Gasteiger partial charge in [0.2, 0.25) is 11.6 Å². The lowest BCUT2D eigenvalue weighted by atomic mass is 10.3. The van der Waals surface area contributed by atoms with E-state index in [0.29, 0.717) is 33.0 Å². The molecule has 0 aromatic carbocycles. The third kappa shape index (κ3) is 3.58. The van der Waals surface area contributed by atoms with Gasteiger partial charge >= 0.3 is 0 Å². The molecule has 0 spiro atoms. The van der Waals surface area contributed by atoms with Crippen LogP contribution >= 0.6 is 63.7 Å². The lowest BCUT2D eigenvalue weighted by molar-refractivity contribution is 0.843. The maximum absolute atomic E-state index is 4.42. The van der Waals surface area contributed by atoms with Gasteiger partial charge in [-0.1, -0.05) is 63.7 Å². The first-order chi connectivity index (χ1) is 9.73. The lowest BCUT2D eigenvalue weighted by Crippen LogP contribution is -2.08.